The molecule has 0 aromatic carbocycles. The van der Waals surface area contributed by atoms with Gasteiger partial charge >= 0.3 is 0 Å². The average Bonchev–Trinajstić information content (AvgIpc) is 2.18. The van der Waals surface area contributed by atoms with Crippen LogP contribution in [0.5, 0.6) is 0 Å². The Kier molecular flexibility index (Phi) is 1.45. The Morgan fingerprint density at radius 2 is 2.67 bits per heavy atom. The molecular formula is C5H6N4. The van der Waals surface area contributed by atoms with Crippen LogP contribution in [-0.4, -0.2) is 14.8 Å². The number of aryl methyl sites for hydroxylation is 1. The van der Waals surface area contributed by atoms with E-state index in [-0.39, 0.29) is 6.54 Å². The lowest BCUT2D eigenvalue weighted by Crippen LogP contribution is -1.99. The second kappa shape index (κ2) is 2.27. The third kappa shape index (κ3) is 1.05. The Balaban J connectivity index is 2.84. The second-order valence-corrected chi connectivity index (χ2v) is 1.62. The van der Waals surface area contributed by atoms with Gasteiger partial charge in [-0.3, -0.25) is 0 Å². The fraction of sp³-hybridized carbons (Fsp3) is 0.400. The van der Waals surface area contributed by atoms with Crippen molar-refractivity contribution in [3.63, 3.8) is 0 Å². The Bertz CT molecular complexity index is 231. The van der Waals surface area contributed by atoms with Crippen LogP contribution in [-0.2, 0) is 6.54 Å². The third-order valence-corrected chi connectivity index (χ3v) is 1.03. The molecule has 0 bridgehead atoms. The summed E-state index contributed by atoms with van der Waals surface area (Å²) >= 11 is 0. The molecule has 0 amide bonds. The molecule has 0 unspecified atom stereocenters. The van der Waals surface area contributed by atoms with Crippen LogP contribution < -0.4 is 0 Å². The average molecular weight is 122 g/mol. The molecule has 46 valence electrons. The van der Waals surface area contributed by atoms with Gasteiger partial charge in [0.2, 0.25) is 0 Å². The van der Waals surface area contributed by atoms with Gasteiger partial charge in [0.1, 0.15) is 18.7 Å². The predicted octanol–water partition coefficient (Wildman–Crippen LogP) is 0.110. The lowest BCUT2D eigenvalue weighted by Gasteiger charge is -1.90. The largest absolute Gasteiger partial charge is 0.236 e. The molecule has 0 radical (unpaired) electrons. The molecule has 4 nitrogen and oxygen atoms in total. The fourth-order valence-electron chi connectivity index (χ4n) is 0.544. The minimum atomic E-state index is 0.284. The van der Waals surface area contributed by atoms with Crippen LogP contribution in [0, 0.1) is 18.3 Å². The normalized spacial score (nSPS) is 8.89. The molecule has 1 heterocycles. The van der Waals surface area contributed by atoms with E-state index < -0.39 is 0 Å². The van der Waals surface area contributed by atoms with Gasteiger partial charge in [-0.15, -0.1) is 0 Å². The Morgan fingerprint density at radius 1 is 1.89 bits per heavy atom. The van der Waals surface area contributed by atoms with E-state index in [1.54, 1.807) is 4.68 Å². The highest BCUT2D eigenvalue weighted by Crippen LogP contribution is 1.87. The van der Waals surface area contributed by atoms with Crippen molar-refractivity contribution >= 4 is 0 Å². The minimum absolute atomic E-state index is 0.284. The number of nitriles is 1. The number of hydrogen-bond donors (Lipinski definition) is 0. The molecule has 0 atom stereocenters. The fourth-order valence-corrected chi connectivity index (χ4v) is 0.544. The molecule has 0 aliphatic rings. The zero-order chi connectivity index (χ0) is 6.69. The van der Waals surface area contributed by atoms with Crippen LogP contribution in [0.2, 0.25) is 0 Å². The van der Waals surface area contributed by atoms with Gasteiger partial charge in [0.05, 0.1) is 6.07 Å². The summed E-state index contributed by atoms with van der Waals surface area (Å²) < 4.78 is 1.54. The molecule has 4 heteroatoms. The molecule has 1 aromatic rings. The number of rotatable bonds is 1. The SMILES string of the molecule is Cc1ncnn1CC#N. The van der Waals surface area contributed by atoms with E-state index in [9.17, 15) is 0 Å². The first kappa shape index (κ1) is 5.76. The van der Waals surface area contributed by atoms with Crippen molar-refractivity contribution in [2.45, 2.75) is 13.5 Å². The monoisotopic (exact) mass is 122 g/mol. The number of aromatic nitrogens is 3. The van der Waals surface area contributed by atoms with Crippen LogP contribution in [0.1, 0.15) is 5.82 Å². The first-order chi connectivity index (χ1) is 4.34. The molecule has 0 aliphatic carbocycles. The molecule has 1 aromatic heterocycles. The van der Waals surface area contributed by atoms with Crippen LogP contribution >= 0.6 is 0 Å². The van der Waals surface area contributed by atoms with Crippen molar-refractivity contribution in [3.05, 3.63) is 12.2 Å². The summed E-state index contributed by atoms with van der Waals surface area (Å²) in [5.74, 6) is 0.775. The molecule has 9 heavy (non-hydrogen) atoms. The van der Waals surface area contributed by atoms with Gasteiger partial charge in [-0.05, 0) is 6.92 Å². The van der Waals surface area contributed by atoms with E-state index in [1.807, 2.05) is 13.0 Å². The standard InChI is InChI=1S/C5H6N4/c1-5-7-4-8-9(5)3-2-6/h4H,3H2,1H3. The second-order valence-electron chi connectivity index (χ2n) is 1.62. The van der Waals surface area contributed by atoms with Gasteiger partial charge in [0.25, 0.3) is 0 Å². The first-order valence-corrected chi connectivity index (χ1v) is 2.56. The van der Waals surface area contributed by atoms with Crippen LogP contribution in [0.15, 0.2) is 6.33 Å². The quantitative estimate of drug-likeness (QED) is 0.531. The van der Waals surface area contributed by atoms with Gasteiger partial charge < -0.3 is 0 Å². The molecule has 0 saturated heterocycles. The summed E-state index contributed by atoms with van der Waals surface area (Å²) in [6.07, 6.45) is 1.44. The zero-order valence-electron chi connectivity index (χ0n) is 5.07. The summed E-state index contributed by atoms with van der Waals surface area (Å²) in [7, 11) is 0. The van der Waals surface area contributed by atoms with Crippen molar-refractivity contribution in [1.82, 2.24) is 14.8 Å². The van der Waals surface area contributed by atoms with E-state index in [0.717, 1.165) is 5.82 Å². The Morgan fingerprint density at radius 3 is 3.11 bits per heavy atom. The van der Waals surface area contributed by atoms with E-state index in [1.165, 1.54) is 6.33 Å². The first-order valence-electron chi connectivity index (χ1n) is 2.56. The van der Waals surface area contributed by atoms with Gasteiger partial charge in [0, 0.05) is 0 Å². The van der Waals surface area contributed by atoms with Gasteiger partial charge in [-0.1, -0.05) is 0 Å². The van der Waals surface area contributed by atoms with E-state index >= 15 is 0 Å². The van der Waals surface area contributed by atoms with Crippen molar-refractivity contribution in [2.75, 3.05) is 0 Å². The maximum atomic E-state index is 8.22. The number of hydrogen-bond acceptors (Lipinski definition) is 3. The minimum Gasteiger partial charge on any atom is -0.236 e. The van der Waals surface area contributed by atoms with Gasteiger partial charge in [-0.25, -0.2) is 9.67 Å². The molecular weight excluding hydrogens is 116 g/mol. The molecule has 1 rings (SSSR count). The van der Waals surface area contributed by atoms with E-state index in [2.05, 4.69) is 10.1 Å². The highest BCUT2D eigenvalue weighted by Gasteiger charge is 1.93. The van der Waals surface area contributed by atoms with Crippen molar-refractivity contribution in [2.24, 2.45) is 0 Å². The highest BCUT2D eigenvalue weighted by atomic mass is 15.3. The van der Waals surface area contributed by atoms with Crippen molar-refractivity contribution < 1.29 is 0 Å². The Hall–Kier alpha value is -1.37. The lowest BCUT2D eigenvalue weighted by molar-refractivity contribution is 0.681. The zero-order valence-corrected chi connectivity index (χ0v) is 5.07. The van der Waals surface area contributed by atoms with Crippen molar-refractivity contribution in [1.29, 1.82) is 5.26 Å². The van der Waals surface area contributed by atoms with Crippen LogP contribution in [0.25, 0.3) is 0 Å². The van der Waals surface area contributed by atoms with Crippen LogP contribution in [0.3, 0.4) is 0 Å². The third-order valence-electron chi connectivity index (χ3n) is 1.03. The summed E-state index contributed by atoms with van der Waals surface area (Å²) in [6.45, 7) is 2.09. The smallest absolute Gasteiger partial charge is 0.138 e. The van der Waals surface area contributed by atoms with Crippen LogP contribution in [0.4, 0.5) is 0 Å². The molecule has 0 N–H and O–H groups in total. The summed E-state index contributed by atoms with van der Waals surface area (Å²) in [5, 5.41) is 12.0. The molecule has 0 saturated carbocycles. The maximum absolute atomic E-state index is 8.22. The van der Waals surface area contributed by atoms with E-state index in [4.69, 9.17) is 5.26 Å². The van der Waals surface area contributed by atoms with E-state index in [0.29, 0.717) is 0 Å². The number of nitrogens with zero attached hydrogens (tertiary/aromatic N) is 4. The molecule has 0 fully saturated rings. The summed E-state index contributed by atoms with van der Waals surface area (Å²) in [4.78, 5) is 3.84. The predicted molar refractivity (Wildman–Crippen MR) is 30.4 cm³/mol. The summed E-state index contributed by atoms with van der Waals surface area (Å²) in [5.41, 5.74) is 0. The topological polar surface area (TPSA) is 54.5 Å². The Labute approximate surface area is 52.7 Å². The molecule has 0 spiro atoms. The lowest BCUT2D eigenvalue weighted by atomic mass is 10.6. The maximum Gasteiger partial charge on any atom is 0.138 e. The highest BCUT2D eigenvalue weighted by molar-refractivity contribution is 4.82. The van der Waals surface area contributed by atoms with Gasteiger partial charge in [-0.2, -0.15) is 10.4 Å². The van der Waals surface area contributed by atoms with Gasteiger partial charge in [0.15, 0.2) is 0 Å². The molecule has 0 aliphatic heterocycles. The van der Waals surface area contributed by atoms with Crippen molar-refractivity contribution in [3.8, 4) is 6.07 Å². The summed E-state index contributed by atoms with van der Waals surface area (Å²) in [6, 6.07) is 1.97.